The molecule has 0 atom stereocenters. The van der Waals surface area contributed by atoms with Gasteiger partial charge in [0.2, 0.25) is 0 Å². The zero-order valence-electron chi connectivity index (χ0n) is 15.6. The summed E-state index contributed by atoms with van der Waals surface area (Å²) in [4.78, 5) is 26.6. The molecule has 9 nitrogen and oxygen atoms in total. The van der Waals surface area contributed by atoms with Crippen molar-refractivity contribution in [1.82, 2.24) is 4.98 Å². The summed E-state index contributed by atoms with van der Waals surface area (Å²) in [5.41, 5.74) is 1.45. The molecule has 1 heterocycles. The van der Waals surface area contributed by atoms with Crippen molar-refractivity contribution in [2.75, 3.05) is 26.1 Å². The van der Waals surface area contributed by atoms with Crippen LogP contribution >= 0.6 is 11.3 Å². The van der Waals surface area contributed by atoms with Gasteiger partial charge in [0, 0.05) is 23.1 Å². The van der Waals surface area contributed by atoms with Gasteiger partial charge >= 0.3 is 0 Å². The van der Waals surface area contributed by atoms with Gasteiger partial charge in [-0.3, -0.25) is 20.2 Å². The third kappa shape index (κ3) is 4.99. The normalized spacial score (nSPS) is 10.3. The maximum atomic E-state index is 12.1. The number of nitro groups is 1. The monoisotopic (exact) mass is 415 g/mol. The van der Waals surface area contributed by atoms with Gasteiger partial charge in [-0.05, 0) is 30.3 Å². The van der Waals surface area contributed by atoms with Crippen molar-refractivity contribution in [2.24, 2.45) is 0 Å². The van der Waals surface area contributed by atoms with Crippen LogP contribution in [0, 0.1) is 10.1 Å². The highest BCUT2D eigenvalue weighted by molar-refractivity contribution is 7.14. The highest BCUT2D eigenvalue weighted by atomic mass is 32.1. The minimum Gasteiger partial charge on any atom is -0.493 e. The quantitative estimate of drug-likeness (QED) is 0.440. The van der Waals surface area contributed by atoms with Crippen molar-refractivity contribution in [3.63, 3.8) is 0 Å². The van der Waals surface area contributed by atoms with E-state index in [1.807, 2.05) is 11.4 Å². The topological polar surface area (TPSA) is 113 Å². The Kier molecular flexibility index (Phi) is 6.25. The van der Waals surface area contributed by atoms with Crippen molar-refractivity contribution >= 4 is 28.1 Å². The Morgan fingerprint density at radius 1 is 1.14 bits per heavy atom. The second-order valence-electron chi connectivity index (χ2n) is 5.70. The molecule has 2 aromatic carbocycles. The molecule has 0 bridgehead atoms. The molecule has 150 valence electrons. The van der Waals surface area contributed by atoms with Crippen molar-refractivity contribution in [3.8, 4) is 28.5 Å². The number of hydrogen-bond acceptors (Lipinski definition) is 8. The largest absolute Gasteiger partial charge is 0.493 e. The maximum Gasteiger partial charge on any atom is 0.269 e. The van der Waals surface area contributed by atoms with E-state index < -0.39 is 10.8 Å². The summed E-state index contributed by atoms with van der Waals surface area (Å²) in [6.45, 7) is -0.247. The van der Waals surface area contributed by atoms with Crippen LogP contribution in [0.15, 0.2) is 47.8 Å². The van der Waals surface area contributed by atoms with Crippen LogP contribution in [0.1, 0.15) is 0 Å². The van der Waals surface area contributed by atoms with Crippen LogP contribution in [0.5, 0.6) is 17.2 Å². The molecule has 1 aromatic heterocycles. The summed E-state index contributed by atoms with van der Waals surface area (Å²) in [6.07, 6.45) is 0. The van der Waals surface area contributed by atoms with E-state index in [1.165, 1.54) is 35.6 Å². The predicted octanol–water partition coefficient (Wildman–Crippen LogP) is 3.75. The number of nitro benzene ring substituents is 1. The van der Waals surface area contributed by atoms with Gasteiger partial charge in [-0.1, -0.05) is 0 Å². The number of rotatable bonds is 8. The van der Waals surface area contributed by atoms with E-state index in [1.54, 1.807) is 26.4 Å². The standard InChI is InChI=1S/C19H17N3O6S/c1-26-16-8-3-12(9-17(16)27-2)15-11-29-19(20-15)21-18(23)10-28-14-6-4-13(5-7-14)22(24)25/h3-9,11H,10H2,1-2H3,(H,20,21,23). The highest BCUT2D eigenvalue weighted by Crippen LogP contribution is 2.33. The molecule has 0 aliphatic heterocycles. The fourth-order valence-electron chi connectivity index (χ4n) is 2.43. The molecule has 0 spiro atoms. The number of aromatic nitrogens is 1. The molecule has 1 amide bonds. The van der Waals surface area contributed by atoms with E-state index in [2.05, 4.69) is 10.3 Å². The van der Waals surface area contributed by atoms with Crippen molar-refractivity contribution in [1.29, 1.82) is 0 Å². The number of hydrogen-bond donors (Lipinski definition) is 1. The van der Waals surface area contributed by atoms with Crippen molar-refractivity contribution < 1.29 is 23.9 Å². The van der Waals surface area contributed by atoms with E-state index in [-0.39, 0.29) is 12.3 Å². The van der Waals surface area contributed by atoms with Gasteiger partial charge in [-0.2, -0.15) is 0 Å². The number of methoxy groups -OCH3 is 2. The Bertz CT molecular complexity index is 1020. The van der Waals surface area contributed by atoms with Crippen molar-refractivity contribution in [3.05, 3.63) is 58.0 Å². The van der Waals surface area contributed by atoms with Crippen LogP contribution in [0.4, 0.5) is 10.8 Å². The molecular formula is C19H17N3O6S. The summed E-state index contributed by atoms with van der Waals surface area (Å²) in [5.74, 6) is 1.16. The number of carbonyl (C=O) groups is 1. The summed E-state index contributed by atoms with van der Waals surface area (Å²) < 4.78 is 15.8. The molecule has 29 heavy (non-hydrogen) atoms. The summed E-state index contributed by atoms with van der Waals surface area (Å²) in [7, 11) is 3.12. The SMILES string of the molecule is COc1ccc(-c2csc(NC(=O)COc3ccc([N+](=O)[O-])cc3)n2)cc1OC. The van der Waals surface area contributed by atoms with Crippen LogP contribution in [-0.4, -0.2) is 36.6 Å². The zero-order chi connectivity index (χ0) is 20.8. The lowest BCUT2D eigenvalue weighted by Crippen LogP contribution is -2.20. The first-order valence-electron chi connectivity index (χ1n) is 8.35. The summed E-state index contributed by atoms with van der Waals surface area (Å²) >= 11 is 1.28. The molecule has 0 saturated heterocycles. The summed E-state index contributed by atoms with van der Waals surface area (Å²) in [5, 5.41) is 15.5. The fourth-order valence-corrected chi connectivity index (χ4v) is 3.16. The van der Waals surface area contributed by atoms with Gasteiger partial charge in [0.05, 0.1) is 24.8 Å². The molecule has 0 aliphatic rings. The number of carbonyl (C=O) groups excluding carboxylic acids is 1. The number of anilines is 1. The Hall–Kier alpha value is -3.66. The average Bonchev–Trinajstić information content (AvgIpc) is 3.20. The Morgan fingerprint density at radius 3 is 2.52 bits per heavy atom. The number of non-ortho nitro benzene ring substituents is 1. The van der Waals surface area contributed by atoms with Crippen LogP contribution in [0.3, 0.4) is 0 Å². The molecule has 10 heteroatoms. The maximum absolute atomic E-state index is 12.1. The number of nitrogens with zero attached hydrogens (tertiary/aromatic N) is 2. The van der Waals surface area contributed by atoms with E-state index in [0.29, 0.717) is 28.1 Å². The average molecular weight is 415 g/mol. The van der Waals surface area contributed by atoms with Gasteiger partial charge in [0.15, 0.2) is 23.2 Å². The van der Waals surface area contributed by atoms with Crippen molar-refractivity contribution in [2.45, 2.75) is 0 Å². The first-order valence-corrected chi connectivity index (χ1v) is 9.23. The van der Waals surface area contributed by atoms with Gasteiger partial charge in [-0.15, -0.1) is 11.3 Å². The lowest BCUT2D eigenvalue weighted by atomic mass is 10.1. The minimum atomic E-state index is -0.505. The first-order chi connectivity index (χ1) is 14.0. The lowest BCUT2D eigenvalue weighted by molar-refractivity contribution is -0.384. The smallest absolute Gasteiger partial charge is 0.269 e. The zero-order valence-corrected chi connectivity index (χ0v) is 16.4. The van der Waals surface area contributed by atoms with Crippen LogP contribution < -0.4 is 19.5 Å². The van der Waals surface area contributed by atoms with Gasteiger partial charge in [0.25, 0.3) is 11.6 Å². The molecule has 0 radical (unpaired) electrons. The van der Waals surface area contributed by atoms with E-state index in [9.17, 15) is 14.9 Å². The van der Waals surface area contributed by atoms with E-state index >= 15 is 0 Å². The molecule has 0 fully saturated rings. The molecule has 3 aromatic rings. The van der Waals surface area contributed by atoms with Gasteiger partial charge in [0.1, 0.15) is 5.75 Å². The molecular weight excluding hydrogens is 398 g/mol. The van der Waals surface area contributed by atoms with E-state index in [0.717, 1.165) is 5.56 Å². The molecule has 1 N–H and O–H groups in total. The number of ether oxygens (including phenoxy) is 3. The second kappa shape index (κ2) is 9.02. The molecule has 0 aliphatic carbocycles. The van der Waals surface area contributed by atoms with Crippen LogP contribution in [0.25, 0.3) is 11.3 Å². The molecule has 3 rings (SSSR count). The lowest BCUT2D eigenvalue weighted by Gasteiger charge is -2.08. The van der Waals surface area contributed by atoms with Crippen LogP contribution in [-0.2, 0) is 4.79 Å². The Labute approximate surface area is 170 Å². The number of thiazole rings is 1. The predicted molar refractivity (Wildman–Crippen MR) is 108 cm³/mol. The van der Waals surface area contributed by atoms with Gasteiger partial charge < -0.3 is 14.2 Å². The number of amides is 1. The van der Waals surface area contributed by atoms with Gasteiger partial charge in [-0.25, -0.2) is 4.98 Å². The minimum absolute atomic E-state index is 0.0488. The molecule has 0 unspecified atom stereocenters. The van der Waals surface area contributed by atoms with Crippen LogP contribution in [0.2, 0.25) is 0 Å². The number of benzene rings is 2. The van der Waals surface area contributed by atoms with E-state index in [4.69, 9.17) is 14.2 Å². The first kappa shape index (κ1) is 20.1. The highest BCUT2D eigenvalue weighted by Gasteiger charge is 2.12. The number of nitrogens with one attached hydrogen (secondary N) is 1. The Balaban J connectivity index is 1.59. The molecule has 0 saturated carbocycles. The summed E-state index contributed by atoms with van der Waals surface area (Å²) in [6, 6.07) is 10.9. The second-order valence-corrected chi connectivity index (χ2v) is 6.55. The fraction of sp³-hybridized carbons (Fsp3) is 0.158. The Morgan fingerprint density at radius 2 is 1.86 bits per heavy atom. The third-order valence-corrected chi connectivity index (χ3v) is 4.61. The third-order valence-electron chi connectivity index (χ3n) is 3.85.